The summed E-state index contributed by atoms with van der Waals surface area (Å²) in [6.45, 7) is 0.212. The van der Waals surface area contributed by atoms with Crippen LogP contribution >= 0.6 is 15.9 Å². The van der Waals surface area contributed by atoms with Crippen molar-refractivity contribution in [3.05, 3.63) is 62.4 Å². The molecular weight excluding hydrogens is 331 g/mol. The lowest BCUT2D eigenvalue weighted by atomic mass is 10.2. The smallest absolute Gasteiger partial charge is 0.296 e. The lowest BCUT2D eigenvalue weighted by Crippen LogP contribution is -2.03. The molecule has 0 heterocycles. The highest BCUT2D eigenvalue weighted by atomic mass is 79.9. The van der Waals surface area contributed by atoms with E-state index < -0.39 is 4.92 Å². The van der Waals surface area contributed by atoms with Gasteiger partial charge in [-0.2, -0.15) is 0 Å². The molecule has 0 unspecified atom stereocenters. The molecule has 0 amide bonds. The Morgan fingerprint density at radius 1 is 1.30 bits per heavy atom. The molecule has 20 heavy (non-hydrogen) atoms. The molecule has 0 atom stereocenters. The van der Waals surface area contributed by atoms with E-state index in [1.165, 1.54) is 24.3 Å². The molecule has 2 rings (SSSR count). The Balaban J connectivity index is 2.23. The molecule has 0 radical (unpaired) electrons. The van der Waals surface area contributed by atoms with E-state index in [9.17, 15) is 19.6 Å². The van der Waals surface area contributed by atoms with Crippen molar-refractivity contribution < 1.29 is 14.4 Å². The third kappa shape index (κ3) is 3.24. The number of benzene rings is 2. The lowest BCUT2D eigenvalue weighted by Gasteiger charge is -2.09. The minimum atomic E-state index is -0.595. The van der Waals surface area contributed by atoms with Gasteiger partial charge in [0.2, 0.25) is 0 Å². The Morgan fingerprint density at radius 2 is 2.05 bits per heavy atom. The maximum atomic E-state index is 13.1. The molecule has 2 aromatic carbocycles. The van der Waals surface area contributed by atoms with Crippen LogP contribution in [0.2, 0.25) is 0 Å². The molecule has 0 spiro atoms. The Bertz CT molecular complexity index is 664. The minimum absolute atomic E-state index is 0.186. The molecule has 104 valence electrons. The fourth-order valence-electron chi connectivity index (χ4n) is 1.69. The van der Waals surface area contributed by atoms with E-state index in [1.54, 1.807) is 6.07 Å². The van der Waals surface area contributed by atoms with Crippen LogP contribution in [0.5, 0.6) is 5.75 Å². The van der Waals surface area contributed by atoms with Gasteiger partial charge in [-0.25, -0.2) is 4.39 Å². The summed E-state index contributed by atoms with van der Waals surface area (Å²) in [6, 6.07) is 8.02. The summed E-state index contributed by atoms with van der Waals surface area (Å²) in [4.78, 5) is 10.3. The maximum absolute atomic E-state index is 13.1. The summed E-state index contributed by atoms with van der Waals surface area (Å²) in [5.41, 5.74) is 0.647. The predicted molar refractivity (Wildman–Crippen MR) is 76.2 cm³/mol. The van der Waals surface area contributed by atoms with Crippen LogP contribution in [0.15, 0.2) is 40.9 Å². The van der Waals surface area contributed by atoms with E-state index in [1.807, 2.05) is 0 Å². The molecule has 7 heteroatoms. The number of hydrogen-bond acceptors (Lipinski definition) is 4. The quantitative estimate of drug-likeness (QED) is 0.504. The second-order valence-electron chi connectivity index (χ2n) is 4.05. The van der Waals surface area contributed by atoms with Crippen LogP contribution in [-0.2, 0) is 6.54 Å². The first-order chi connectivity index (χ1) is 9.47. The van der Waals surface area contributed by atoms with E-state index in [0.717, 1.165) is 6.07 Å². The number of anilines is 1. The Kier molecular flexibility index (Phi) is 4.19. The largest absolute Gasteiger partial charge is 0.508 e. The van der Waals surface area contributed by atoms with E-state index in [-0.39, 0.29) is 29.5 Å². The van der Waals surface area contributed by atoms with E-state index in [0.29, 0.717) is 10.0 Å². The lowest BCUT2D eigenvalue weighted by molar-refractivity contribution is -0.384. The first-order valence-corrected chi connectivity index (χ1v) is 6.42. The molecule has 0 aliphatic carbocycles. The Hall–Kier alpha value is -2.15. The van der Waals surface area contributed by atoms with Crippen molar-refractivity contribution in [2.45, 2.75) is 6.54 Å². The molecular formula is C13H10BrFN2O3. The van der Waals surface area contributed by atoms with Crippen LogP contribution in [0.3, 0.4) is 0 Å². The van der Waals surface area contributed by atoms with Gasteiger partial charge in [0.15, 0.2) is 0 Å². The molecule has 0 fully saturated rings. The van der Waals surface area contributed by atoms with Gasteiger partial charge in [-0.05, 0) is 35.9 Å². The van der Waals surface area contributed by atoms with Crippen LogP contribution in [0.4, 0.5) is 15.8 Å². The Morgan fingerprint density at radius 3 is 2.75 bits per heavy atom. The van der Waals surface area contributed by atoms with E-state index in [4.69, 9.17) is 0 Å². The summed E-state index contributed by atoms with van der Waals surface area (Å²) < 4.78 is 13.8. The number of halogens is 2. The number of nitrogens with zero attached hydrogens (tertiary/aromatic N) is 1. The molecule has 0 bridgehead atoms. The summed E-state index contributed by atoms with van der Waals surface area (Å²) in [6.07, 6.45) is 0. The second-order valence-corrected chi connectivity index (χ2v) is 4.90. The van der Waals surface area contributed by atoms with Crippen LogP contribution in [0.1, 0.15) is 5.56 Å². The van der Waals surface area contributed by atoms with E-state index >= 15 is 0 Å². The SMILES string of the molecule is O=[N+]([O-])c1cc(O)ccc1NCc1cc(F)ccc1Br. The number of rotatable bonds is 4. The van der Waals surface area contributed by atoms with Crippen LogP contribution < -0.4 is 5.32 Å². The van der Waals surface area contributed by atoms with Gasteiger partial charge in [-0.3, -0.25) is 10.1 Å². The van der Waals surface area contributed by atoms with Gasteiger partial charge in [-0.1, -0.05) is 15.9 Å². The molecule has 0 saturated heterocycles. The fourth-order valence-corrected chi connectivity index (χ4v) is 2.08. The Labute approximate surface area is 122 Å². The second kappa shape index (κ2) is 5.87. The molecule has 2 aromatic rings. The van der Waals surface area contributed by atoms with Crippen molar-refractivity contribution in [3.8, 4) is 5.75 Å². The van der Waals surface area contributed by atoms with Crippen molar-refractivity contribution in [3.63, 3.8) is 0 Å². The normalized spacial score (nSPS) is 10.3. The van der Waals surface area contributed by atoms with Gasteiger partial charge in [0.1, 0.15) is 17.3 Å². The average molecular weight is 341 g/mol. The maximum Gasteiger partial charge on any atom is 0.296 e. The zero-order valence-electron chi connectivity index (χ0n) is 10.1. The average Bonchev–Trinajstić information content (AvgIpc) is 2.40. The summed E-state index contributed by atoms with van der Waals surface area (Å²) in [5, 5.41) is 23.0. The minimum Gasteiger partial charge on any atom is -0.508 e. The third-order valence-electron chi connectivity index (χ3n) is 2.66. The molecule has 5 nitrogen and oxygen atoms in total. The zero-order chi connectivity index (χ0) is 14.7. The monoisotopic (exact) mass is 340 g/mol. The van der Waals surface area contributed by atoms with Gasteiger partial charge in [0, 0.05) is 11.0 Å². The van der Waals surface area contributed by atoms with Gasteiger partial charge in [0.25, 0.3) is 5.69 Å². The number of aromatic hydroxyl groups is 1. The number of phenols is 1. The van der Waals surface area contributed by atoms with Crippen molar-refractivity contribution in [1.29, 1.82) is 0 Å². The number of nitro groups is 1. The highest BCUT2D eigenvalue weighted by Crippen LogP contribution is 2.29. The zero-order valence-corrected chi connectivity index (χ0v) is 11.7. The summed E-state index contributed by atoms with van der Waals surface area (Å²) in [5.74, 6) is -0.570. The highest BCUT2D eigenvalue weighted by molar-refractivity contribution is 9.10. The van der Waals surface area contributed by atoms with E-state index in [2.05, 4.69) is 21.2 Å². The van der Waals surface area contributed by atoms with Crippen molar-refractivity contribution in [2.75, 3.05) is 5.32 Å². The van der Waals surface area contributed by atoms with Crippen LogP contribution in [-0.4, -0.2) is 10.0 Å². The molecule has 0 saturated carbocycles. The number of phenolic OH excluding ortho intramolecular Hbond substituents is 1. The van der Waals surface area contributed by atoms with Gasteiger partial charge >= 0.3 is 0 Å². The van der Waals surface area contributed by atoms with Crippen molar-refractivity contribution >= 4 is 27.3 Å². The van der Waals surface area contributed by atoms with Crippen molar-refractivity contribution in [1.82, 2.24) is 0 Å². The fraction of sp³-hybridized carbons (Fsp3) is 0.0769. The van der Waals surface area contributed by atoms with Crippen molar-refractivity contribution in [2.24, 2.45) is 0 Å². The number of nitro benzene ring substituents is 1. The topological polar surface area (TPSA) is 75.4 Å². The standard InChI is InChI=1S/C13H10BrFN2O3/c14-11-3-1-9(15)5-8(11)7-16-12-4-2-10(18)6-13(12)17(19)20/h1-6,16,18H,7H2. The molecule has 0 aliphatic rings. The predicted octanol–water partition coefficient (Wildman–Crippen LogP) is 3.81. The van der Waals surface area contributed by atoms with Crippen LogP contribution in [0.25, 0.3) is 0 Å². The first kappa shape index (κ1) is 14.3. The highest BCUT2D eigenvalue weighted by Gasteiger charge is 2.14. The number of nitrogens with one attached hydrogen (secondary N) is 1. The van der Waals surface area contributed by atoms with Gasteiger partial charge < -0.3 is 10.4 Å². The summed E-state index contributed by atoms with van der Waals surface area (Å²) >= 11 is 3.28. The third-order valence-corrected chi connectivity index (χ3v) is 3.43. The molecule has 0 aliphatic heterocycles. The first-order valence-electron chi connectivity index (χ1n) is 5.62. The van der Waals surface area contributed by atoms with Crippen LogP contribution in [0, 0.1) is 15.9 Å². The van der Waals surface area contributed by atoms with Gasteiger partial charge in [0.05, 0.1) is 11.0 Å². The summed E-state index contributed by atoms with van der Waals surface area (Å²) in [7, 11) is 0. The molecule has 2 N–H and O–H groups in total. The number of hydrogen-bond donors (Lipinski definition) is 2. The van der Waals surface area contributed by atoms with Gasteiger partial charge in [-0.15, -0.1) is 0 Å². The molecule has 0 aromatic heterocycles.